The second-order valence-electron chi connectivity index (χ2n) is 4.82. The summed E-state index contributed by atoms with van der Waals surface area (Å²) in [6, 6.07) is 8.54. The summed E-state index contributed by atoms with van der Waals surface area (Å²) >= 11 is 0. The van der Waals surface area contributed by atoms with Crippen molar-refractivity contribution < 1.29 is 9.53 Å². The minimum atomic E-state index is -0.114. The first-order valence-electron chi connectivity index (χ1n) is 6.29. The number of carbonyl (C=O) groups is 1. The van der Waals surface area contributed by atoms with Gasteiger partial charge in [-0.15, -0.1) is 0 Å². The number of methoxy groups -OCH3 is 1. The second kappa shape index (κ2) is 5.25. The Labute approximate surface area is 118 Å². The lowest BCUT2D eigenvalue weighted by Crippen LogP contribution is -2.07. The van der Waals surface area contributed by atoms with Gasteiger partial charge in [-0.25, -0.2) is 0 Å². The molecule has 2 aromatic rings. The van der Waals surface area contributed by atoms with Crippen molar-refractivity contribution in [2.45, 2.75) is 13.8 Å². The van der Waals surface area contributed by atoms with Gasteiger partial charge in [0.05, 0.1) is 7.11 Å². The Morgan fingerprint density at radius 1 is 1.05 bits per heavy atom. The van der Waals surface area contributed by atoms with Gasteiger partial charge in [-0.05, 0) is 55.3 Å². The van der Waals surface area contributed by atoms with Gasteiger partial charge in [-0.3, -0.25) is 4.79 Å². The van der Waals surface area contributed by atoms with Crippen LogP contribution in [0.1, 0.15) is 27.0 Å². The lowest BCUT2D eigenvalue weighted by molar-refractivity contribution is 0.103. The summed E-state index contributed by atoms with van der Waals surface area (Å²) in [4.78, 5) is 12.5. The number of carbonyl (C=O) groups excluding carboxylic acids is 1. The molecule has 20 heavy (non-hydrogen) atoms. The summed E-state index contributed by atoms with van der Waals surface area (Å²) in [5.74, 6) is 0.684. The average Bonchev–Trinajstić information content (AvgIpc) is 2.37. The molecule has 0 saturated heterocycles. The number of nitrogen functional groups attached to an aromatic ring is 2. The highest BCUT2D eigenvalue weighted by Crippen LogP contribution is 2.27. The van der Waals surface area contributed by atoms with Gasteiger partial charge in [-0.1, -0.05) is 0 Å². The van der Waals surface area contributed by atoms with E-state index in [1.165, 1.54) is 0 Å². The van der Waals surface area contributed by atoms with Crippen LogP contribution in [-0.2, 0) is 0 Å². The van der Waals surface area contributed by atoms with Crippen molar-refractivity contribution in [2.75, 3.05) is 18.6 Å². The molecule has 0 radical (unpaired) electrons. The summed E-state index contributed by atoms with van der Waals surface area (Å²) < 4.78 is 5.30. The zero-order valence-electron chi connectivity index (χ0n) is 11.9. The fourth-order valence-electron chi connectivity index (χ4n) is 2.35. The molecule has 0 bridgehead atoms. The standard InChI is InChI=1S/C16H18N2O2/c1-9-6-11(7-10(2)16(9)20-3)15(19)13-5-4-12(17)8-14(13)18/h4-8H,17-18H2,1-3H3. The molecule has 2 aromatic carbocycles. The van der Waals surface area contributed by atoms with E-state index in [0.717, 1.165) is 16.9 Å². The first-order chi connectivity index (χ1) is 9.43. The van der Waals surface area contributed by atoms with Gasteiger partial charge in [0, 0.05) is 22.5 Å². The number of nitrogens with two attached hydrogens (primary N) is 2. The van der Waals surface area contributed by atoms with E-state index in [0.29, 0.717) is 22.5 Å². The van der Waals surface area contributed by atoms with Crippen molar-refractivity contribution in [3.63, 3.8) is 0 Å². The van der Waals surface area contributed by atoms with Gasteiger partial charge in [0.1, 0.15) is 5.75 Å². The van der Waals surface area contributed by atoms with E-state index in [1.54, 1.807) is 25.3 Å². The highest BCUT2D eigenvalue weighted by atomic mass is 16.5. The Morgan fingerprint density at radius 2 is 1.65 bits per heavy atom. The molecule has 0 spiro atoms. The van der Waals surface area contributed by atoms with Crippen LogP contribution >= 0.6 is 0 Å². The zero-order chi connectivity index (χ0) is 14.9. The maximum atomic E-state index is 12.5. The quantitative estimate of drug-likeness (QED) is 0.664. The van der Waals surface area contributed by atoms with E-state index < -0.39 is 0 Å². The number of anilines is 2. The van der Waals surface area contributed by atoms with Crippen LogP contribution in [0.4, 0.5) is 11.4 Å². The Balaban J connectivity index is 2.49. The molecule has 0 heterocycles. The van der Waals surface area contributed by atoms with Crippen molar-refractivity contribution in [3.05, 3.63) is 52.6 Å². The topological polar surface area (TPSA) is 78.3 Å². The monoisotopic (exact) mass is 270 g/mol. The fraction of sp³-hybridized carbons (Fsp3) is 0.188. The van der Waals surface area contributed by atoms with Crippen LogP contribution in [0.5, 0.6) is 5.75 Å². The molecule has 104 valence electrons. The van der Waals surface area contributed by atoms with Crippen LogP contribution in [0.25, 0.3) is 0 Å². The number of hydrogen-bond donors (Lipinski definition) is 2. The predicted molar refractivity (Wildman–Crippen MR) is 81.2 cm³/mol. The molecule has 0 amide bonds. The lowest BCUT2D eigenvalue weighted by atomic mass is 9.97. The smallest absolute Gasteiger partial charge is 0.195 e. The summed E-state index contributed by atoms with van der Waals surface area (Å²) in [6.45, 7) is 3.82. The Morgan fingerprint density at radius 3 is 2.15 bits per heavy atom. The Bertz CT molecular complexity index is 655. The normalized spacial score (nSPS) is 10.3. The average molecular weight is 270 g/mol. The van der Waals surface area contributed by atoms with Crippen LogP contribution in [-0.4, -0.2) is 12.9 Å². The largest absolute Gasteiger partial charge is 0.496 e. The van der Waals surface area contributed by atoms with E-state index in [9.17, 15) is 4.79 Å². The lowest BCUT2D eigenvalue weighted by Gasteiger charge is -2.12. The highest BCUT2D eigenvalue weighted by molar-refractivity contribution is 6.12. The number of benzene rings is 2. The third kappa shape index (κ3) is 2.45. The van der Waals surface area contributed by atoms with Gasteiger partial charge in [-0.2, -0.15) is 0 Å². The molecule has 0 fully saturated rings. The number of aryl methyl sites for hydroxylation is 2. The molecule has 2 rings (SSSR count). The maximum absolute atomic E-state index is 12.5. The third-order valence-corrected chi connectivity index (χ3v) is 3.25. The van der Waals surface area contributed by atoms with Gasteiger partial charge < -0.3 is 16.2 Å². The van der Waals surface area contributed by atoms with E-state index in [2.05, 4.69) is 0 Å². The summed E-state index contributed by atoms with van der Waals surface area (Å²) in [5, 5.41) is 0. The first kappa shape index (κ1) is 13.9. The van der Waals surface area contributed by atoms with E-state index in [4.69, 9.17) is 16.2 Å². The fourth-order valence-corrected chi connectivity index (χ4v) is 2.35. The molecule has 0 saturated carbocycles. The first-order valence-corrected chi connectivity index (χ1v) is 6.29. The predicted octanol–water partition coefficient (Wildman–Crippen LogP) is 2.71. The molecule has 4 heteroatoms. The Hall–Kier alpha value is -2.49. The number of ether oxygens (including phenoxy) is 1. The zero-order valence-corrected chi connectivity index (χ0v) is 11.9. The second-order valence-corrected chi connectivity index (χ2v) is 4.82. The maximum Gasteiger partial charge on any atom is 0.195 e. The summed E-state index contributed by atoms with van der Waals surface area (Å²) in [6.07, 6.45) is 0. The van der Waals surface area contributed by atoms with Gasteiger partial charge >= 0.3 is 0 Å². The third-order valence-electron chi connectivity index (χ3n) is 3.25. The van der Waals surface area contributed by atoms with Crippen molar-refractivity contribution in [2.24, 2.45) is 0 Å². The van der Waals surface area contributed by atoms with Crippen molar-refractivity contribution in [1.82, 2.24) is 0 Å². The number of hydrogen-bond acceptors (Lipinski definition) is 4. The van der Waals surface area contributed by atoms with E-state index >= 15 is 0 Å². The van der Waals surface area contributed by atoms with Gasteiger partial charge in [0.25, 0.3) is 0 Å². The molecule has 4 nitrogen and oxygen atoms in total. The van der Waals surface area contributed by atoms with Crippen LogP contribution in [0.2, 0.25) is 0 Å². The van der Waals surface area contributed by atoms with Crippen molar-refractivity contribution >= 4 is 17.2 Å². The Kier molecular flexibility index (Phi) is 3.66. The SMILES string of the molecule is COc1c(C)cc(C(=O)c2ccc(N)cc2N)cc1C. The molecular formula is C16H18N2O2. The molecule has 0 aromatic heterocycles. The molecular weight excluding hydrogens is 252 g/mol. The number of rotatable bonds is 3. The molecule has 4 N–H and O–H groups in total. The van der Waals surface area contributed by atoms with Gasteiger partial charge in [0.15, 0.2) is 5.78 Å². The van der Waals surface area contributed by atoms with Gasteiger partial charge in [0.2, 0.25) is 0 Å². The minimum absolute atomic E-state index is 0.114. The van der Waals surface area contributed by atoms with Crippen molar-refractivity contribution in [3.8, 4) is 5.75 Å². The van der Waals surface area contributed by atoms with Crippen molar-refractivity contribution in [1.29, 1.82) is 0 Å². The molecule has 0 aliphatic rings. The summed E-state index contributed by atoms with van der Waals surface area (Å²) in [5.41, 5.74) is 15.3. The molecule has 0 atom stereocenters. The van der Waals surface area contributed by atoms with Crippen LogP contribution < -0.4 is 16.2 Å². The van der Waals surface area contributed by atoms with E-state index in [1.807, 2.05) is 26.0 Å². The minimum Gasteiger partial charge on any atom is -0.496 e. The molecule has 0 unspecified atom stereocenters. The van der Waals surface area contributed by atoms with Crippen LogP contribution in [0.15, 0.2) is 30.3 Å². The molecule has 0 aliphatic carbocycles. The summed E-state index contributed by atoms with van der Waals surface area (Å²) in [7, 11) is 1.62. The number of ketones is 1. The van der Waals surface area contributed by atoms with E-state index in [-0.39, 0.29) is 5.78 Å². The highest BCUT2D eigenvalue weighted by Gasteiger charge is 2.15. The molecule has 0 aliphatic heterocycles. The van der Waals surface area contributed by atoms with Crippen LogP contribution in [0.3, 0.4) is 0 Å². The van der Waals surface area contributed by atoms with Crippen LogP contribution in [0, 0.1) is 13.8 Å².